The minimum absolute atomic E-state index is 0. The van der Waals surface area contributed by atoms with Crippen LogP contribution in [0.4, 0.5) is 0 Å². The van der Waals surface area contributed by atoms with Crippen LogP contribution in [0, 0.1) is 0 Å². The van der Waals surface area contributed by atoms with Crippen molar-refractivity contribution in [3.63, 3.8) is 0 Å². The molecule has 1 aromatic carbocycles. The Morgan fingerprint density at radius 2 is 1.83 bits per heavy atom. The van der Waals surface area contributed by atoms with E-state index in [1.165, 1.54) is 24.3 Å². The first-order valence-electron chi connectivity index (χ1n) is 4.52. The third-order valence-electron chi connectivity index (χ3n) is 1.88. The van der Waals surface area contributed by atoms with Crippen molar-refractivity contribution in [2.45, 2.75) is 12.5 Å². The predicted molar refractivity (Wildman–Crippen MR) is 57.4 cm³/mol. The van der Waals surface area contributed by atoms with Crippen LogP contribution in [0.5, 0.6) is 5.75 Å². The molecule has 0 aromatic heterocycles. The molecule has 1 aromatic rings. The van der Waals surface area contributed by atoms with Crippen LogP contribution in [0.15, 0.2) is 24.3 Å². The number of phenols is 1. The fraction of sp³-hybridized carbons (Fsp3) is 0.222. The number of rotatable bonds is 4. The number of phenolic OH excluding ortho intramolecular Hbond substituents is 1. The first-order chi connectivity index (χ1) is 7.78. The molecule has 0 amide bonds. The van der Waals surface area contributed by atoms with Gasteiger partial charge in [0, 0.05) is 22.4 Å². The molecule has 1 rings (SSSR count). The number of benzene rings is 1. The monoisotopic (exact) mass is 368 g/mol. The molecule has 105 valence electrons. The Balaban J connectivity index is 0.00000289. The Morgan fingerprint density at radius 3 is 2.28 bits per heavy atom. The fourth-order valence-corrected chi connectivity index (χ4v) is 1.47. The van der Waals surface area contributed by atoms with Crippen LogP contribution in [0.1, 0.15) is 5.56 Å². The van der Waals surface area contributed by atoms with Gasteiger partial charge in [0.25, 0.3) is 0 Å². The third kappa shape index (κ3) is 6.15. The predicted octanol–water partition coefficient (Wildman–Crippen LogP) is -0.394. The maximum atomic E-state index is 11.1. The van der Waals surface area contributed by atoms with Crippen molar-refractivity contribution >= 4 is 16.4 Å². The van der Waals surface area contributed by atoms with Gasteiger partial charge in [0.15, 0.2) is 0 Å². The van der Waals surface area contributed by atoms with Gasteiger partial charge in [0.2, 0.25) is 0 Å². The third-order valence-corrected chi connectivity index (χ3v) is 2.26. The van der Waals surface area contributed by atoms with Crippen LogP contribution in [-0.2, 0) is 48.2 Å². The molecule has 9 heteroatoms. The van der Waals surface area contributed by atoms with Gasteiger partial charge in [-0.2, -0.15) is 8.42 Å². The smallest absolute Gasteiger partial charge is 0.449 e. The summed E-state index contributed by atoms with van der Waals surface area (Å²) in [7, 11) is -4.84. The molecular weight excluding hydrogens is 358 g/mol. The second kappa shape index (κ2) is 6.88. The van der Waals surface area contributed by atoms with E-state index in [0.29, 0.717) is 5.56 Å². The van der Waals surface area contributed by atoms with E-state index in [1.54, 1.807) is 0 Å². The molecule has 1 radical (unpaired) electrons. The number of aromatic hydroxyl groups is 1. The van der Waals surface area contributed by atoms with Crippen molar-refractivity contribution in [1.82, 2.24) is 0 Å². The molecule has 0 aliphatic carbocycles. The van der Waals surface area contributed by atoms with Gasteiger partial charge in [-0.1, -0.05) is 12.1 Å². The van der Waals surface area contributed by atoms with E-state index >= 15 is 0 Å². The van der Waals surface area contributed by atoms with Crippen molar-refractivity contribution in [3.8, 4) is 5.75 Å². The van der Waals surface area contributed by atoms with Crippen LogP contribution >= 0.6 is 0 Å². The molecular formula is C9H11AgNO6S. The molecule has 18 heavy (non-hydrogen) atoms. The van der Waals surface area contributed by atoms with E-state index in [0.717, 1.165) is 0 Å². The normalized spacial score (nSPS) is 12.3. The SMILES string of the molecule is N[C@@H](Cc1ccc(O)cc1)C(=O)OS(=O)(=O)O.[Ag]. The first-order valence-corrected chi connectivity index (χ1v) is 5.88. The van der Waals surface area contributed by atoms with Crippen molar-refractivity contribution in [1.29, 1.82) is 0 Å². The Bertz CT molecular complexity index is 500. The molecule has 0 saturated carbocycles. The van der Waals surface area contributed by atoms with E-state index in [4.69, 9.17) is 15.4 Å². The Labute approximate surface area is 119 Å². The molecule has 7 nitrogen and oxygen atoms in total. The minimum Gasteiger partial charge on any atom is -0.508 e. The number of hydrogen-bond donors (Lipinski definition) is 3. The summed E-state index contributed by atoms with van der Waals surface area (Å²) in [6.07, 6.45) is 0.0225. The van der Waals surface area contributed by atoms with Gasteiger partial charge in [-0.05, 0) is 24.1 Å². The summed E-state index contributed by atoms with van der Waals surface area (Å²) in [6.45, 7) is 0. The number of carbonyl (C=O) groups is 1. The van der Waals surface area contributed by atoms with Gasteiger partial charge in [-0.15, -0.1) is 0 Å². The van der Waals surface area contributed by atoms with Crippen LogP contribution in [0.2, 0.25) is 0 Å². The minimum atomic E-state index is -4.84. The van der Waals surface area contributed by atoms with E-state index in [2.05, 4.69) is 4.18 Å². The summed E-state index contributed by atoms with van der Waals surface area (Å²) in [4.78, 5) is 11.1. The quantitative estimate of drug-likeness (QED) is 0.487. The summed E-state index contributed by atoms with van der Waals surface area (Å²) in [5.41, 5.74) is 6.00. The summed E-state index contributed by atoms with van der Waals surface area (Å²) in [5, 5.41) is 9.02. The topological polar surface area (TPSA) is 127 Å². The maximum absolute atomic E-state index is 11.1. The summed E-state index contributed by atoms with van der Waals surface area (Å²) >= 11 is 0. The molecule has 0 aliphatic heterocycles. The Hall–Kier alpha value is -0.900. The molecule has 0 bridgehead atoms. The first kappa shape index (κ1) is 17.1. The summed E-state index contributed by atoms with van der Waals surface area (Å²) in [6, 6.07) is 4.62. The van der Waals surface area contributed by atoms with E-state index in [9.17, 15) is 13.2 Å². The summed E-state index contributed by atoms with van der Waals surface area (Å²) < 4.78 is 32.5. The van der Waals surface area contributed by atoms with E-state index < -0.39 is 22.4 Å². The second-order valence-electron chi connectivity index (χ2n) is 3.31. The van der Waals surface area contributed by atoms with Gasteiger partial charge in [0.05, 0.1) is 0 Å². The van der Waals surface area contributed by atoms with Gasteiger partial charge in [0.1, 0.15) is 11.8 Å². The molecule has 0 heterocycles. The van der Waals surface area contributed by atoms with Gasteiger partial charge < -0.3 is 15.0 Å². The van der Waals surface area contributed by atoms with Gasteiger partial charge in [-0.25, -0.2) is 4.79 Å². The maximum Gasteiger partial charge on any atom is 0.449 e. The molecule has 0 unspecified atom stereocenters. The second-order valence-corrected chi connectivity index (χ2v) is 4.33. The molecule has 0 aliphatic rings. The molecule has 4 N–H and O–H groups in total. The van der Waals surface area contributed by atoms with Crippen LogP contribution in [0.3, 0.4) is 0 Å². The standard InChI is InChI=1S/C9H11NO6S.Ag/c10-8(9(12)16-17(13,14)15)5-6-1-3-7(11)4-2-6;/h1-4,8,11H,5,10H2,(H,13,14,15);/t8-;/m0./s1. The van der Waals surface area contributed by atoms with Crippen LogP contribution in [0.25, 0.3) is 0 Å². The zero-order chi connectivity index (χ0) is 13.1. The number of carbonyl (C=O) groups excluding carboxylic acids is 1. The van der Waals surface area contributed by atoms with Crippen molar-refractivity contribution in [3.05, 3.63) is 29.8 Å². The van der Waals surface area contributed by atoms with Crippen LogP contribution in [-0.4, -0.2) is 30.1 Å². The molecule has 1 atom stereocenters. The number of hydrogen-bond acceptors (Lipinski definition) is 6. The molecule has 0 spiro atoms. The largest absolute Gasteiger partial charge is 0.508 e. The van der Waals surface area contributed by atoms with E-state index in [1.807, 2.05) is 0 Å². The average Bonchev–Trinajstić information content (AvgIpc) is 2.19. The zero-order valence-electron chi connectivity index (χ0n) is 8.91. The van der Waals surface area contributed by atoms with Crippen molar-refractivity contribution in [2.75, 3.05) is 0 Å². The average molecular weight is 369 g/mol. The molecule has 0 fully saturated rings. The fourth-order valence-electron chi connectivity index (χ4n) is 1.13. The van der Waals surface area contributed by atoms with Gasteiger partial charge >= 0.3 is 16.4 Å². The van der Waals surface area contributed by atoms with Crippen molar-refractivity contribution < 1.29 is 49.4 Å². The van der Waals surface area contributed by atoms with E-state index in [-0.39, 0.29) is 34.6 Å². The zero-order valence-corrected chi connectivity index (χ0v) is 11.2. The van der Waals surface area contributed by atoms with Crippen LogP contribution < -0.4 is 5.73 Å². The number of nitrogens with two attached hydrogens (primary N) is 1. The van der Waals surface area contributed by atoms with Crippen molar-refractivity contribution in [2.24, 2.45) is 5.73 Å². The Kier molecular flexibility index (Phi) is 6.54. The Morgan fingerprint density at radius 1 is 1.33 bits per heavy atom. The van der Waals surface area contributed by atoms with Gasteiger partial charge in [-0.3, -0.25) is 4.55 Å². The summed E-state index contributed by atoms with van der Waals surface area (Å²) in [5.74, 6) is -1.19. The molecule has 0 saturated heterocycles.